The number of imidazole rings is 1. The van der Waals surface area contributed by atoms with E-state index < -0.39 is 6.85 Å². The molecule has 0 saturated carbocycles. The number of aromatic nitrogens is 3. The van der Waals surface area contributed by atoms with Crippen molar-refractivity contribution in [3.8, 4) is 78.6 Å². The lowest BCUT2D eigenvalue weighted by molar-refractivity contribution is 0.413. The average Bonchev–Trinajstić information content (AvgIpc) is 3.68. The molecule has 0 atom stereocenters. The molecule has 0 N–H and O–H groups in total. The zero-order chi connectivity index (χ0) is 44.0. The Balaban J connectivity index is 1.38. The Morgan fingerprint density at radius 1 is 0.550 bits per heavy atom. The number of pyridine rings is 1. The molecular formula is C56H49N3O. The largest absolute Gasteiger partial charge is 0.496 e. The molecular weight excluding hydrogens is 731 g/mol. The van der Waals surface area contributed by atoms with Crippen LogP contribution in [0.1, 0.15) is 47.1 Å². The number of hydrogen-bond acceptors (Lipinski definition) is 3. The molecule has 0 aliphatic carbocycles. The van der Waals surface area contributed by atoms with Gasteiger partial charge in [-0.3, -0.25) is 9.55 Å². The SMILES string of the molecule is [2H]C([2H])([2H])c1cc(-c2ccccc2)c(-n2c(-c3cc(C)cc(C)c3OC)nc3c(-c4cc(-c5cc(-c6ccccc6)ccn5)cc(C(C)(C)C)c4)cccc32)cc1-c1ccccc1. The van der Waals surface area contributed by atoms with Crippen LogP contribution in [0.2, 0.25) is 0 Å². The van der Waals surface area contributed by atoms with E-state index in [4.69, 9.17) is 18.8 Å². The van der Waals surface area contributed by atoms with E-state index in [1.807, 2.05) is 85.1 Å². The maximum atomic E-state index is 8.79. The molecule has 2 aromatic heterocycles. The first-order valence-corrected chi connectivity index (χ1v) is 20.4. The lowest BCUT2D eigenvalue weighted by Gasteiger charge is -2.22. The molecule has 9 rings (SSSR count). The minimum Gasteiger partial charge on any atom is -0.496 e. The first kappa shape index (κ1) is 35.0. The third-order valence-corrected chi connectivity index (χ3v) is 11.4. The van der Waals surface area contributed by atoms with Gasteiger partial charge in [0.05, 0.1) is 35.1 Å². The second-order valence-electron chi connectivity index (χ2n) is 16.6. The molecule has 4 nitrogen and oxygen atoms in total. The number of rotatable bonds is 8. The van der Waals surface area contributed by atoms with Gasteiger partial charge in [-0.1, -0.05) is 136 Å². The van der Waals surface area contributed by atoms with Crippen molar-refractivity contribution in [2.45, 2.75) is 46.9 Å². The maximum absolute atomic E-state index is 8.79. The summed E-state index contributed by atoms with van der Waals surface area (Å²) in [5.41, 5.74) is 15.9. The maximum Gasteiger partial charge on any atom is 0.149 e. The molecule has 0 radical (unpaired) electrons. The highest BCUT2D eigenvalue weighted by molar-refractivity contribution is 5.98. The van der Waals surface area contributed by atoms with Gasteiger partial charge in [-0.15, -0.1) is 0 Å². The van der Waals surface area contributed by atoms with Gasteiger partial charge in [0.1, 0.15) is 11.6 Å². The van der Waals surface area contributed by atoms with Gasteiger partial charge in [-0.25, -0.2) is 4.98 Å². The van der Waals surface area contributed by atoms with Gasteiger partial charge in [-0.2, -0.15) is 0 Å². The van der Waals surface area contributed by atoms with Crippen LogP contribution in [0.25, 0.3) is 83.9 Å². The van der Waals surface area contributed by atoms with Gasteiger partial charge in [0.15, 0.2) is 0 Å². The molecule has 7 aromatic carbocycles. The van der Waals surface area contributed by atoms with Crippen molar-refractivity contribution >= 4 is 11.0 Å². The molecule has 4 heteroatoms. The molecule has 2 heterocycles. The Bertz CT molecular complexity index is 3130. The fourth-order valence-electron chi connectivity index (χ4n) is 8.39. The third kappa shape index (κ3) is 7.20. The Kier molecular flexibility index (Phi) is 9.10. The molecule has 0 unspecified atom stereocenters. The van der Waals surface area contributed by atoms with Crippen LogP contribution in [-0.2, 0) is 5.41 Å². The minimum atomic E-state index is -2.39. The third-order valence-electron chi connectivity index (χ3n) is 11.4. The van der Waals surface area contributed by atoms with Crippen molar-refractivity contribution < 1.29 is 8.85 Å². The van der Waals surface area contributed by atoms with Gasteiger partial charge in [0, 0.05) is 27.0 Å². The minimum absolute atomic E-state index is 0.171. The highest BCUT2D eigenvalue weighted by Gasteiger charge is 2.25. The summed E-state index contributed by atoms with van der Waals surface area (Å²) in [5, 5.41) is 0. The van der Waals surface area contributed by atoms with Crippen LogP contribution in [0.3, 0.4) is 0 Å². The van der Waals surface area contributed by atoms with Crippen molar-refractivity contribution in [2.24, 2.45) is 0 Å². The van der Waals surface area contributed by atoms with E-state index in [2.05, 4.69) is 124 Å². The Hall–Kier alpha value is -7.04. The monoisotopic (exact) mass is 782 g/mol. The summed E-state index contributed by atoms with van der Waals surface area (Å²) in [6.45, 7) is 8.47. The van der Waals surface area contributed by atoms with Gasteiger partial charge >= 0.3 is 0 Å². The highest BCUT2D eigenvalue weighted by atomic mass is 16.5. The predicted molar refractivity (Wildman–Crippen MR) is 251 cm³/mol. The van der Waals surface area contributed by atoms with Gasteiger partial charge in [0.2, 0.25) is 0 Å². The number of nitrogens with zero attached hydrogens (tertiary/aromatic N) is 3. The van der Waals surface area contributed by atoms with Crippen LogP contribution in [0.4, 0.5) is 0 Å². The normalized spacial score (nSPS) is 12.5. The standard InChI is InChI=1S/C56H49N3O/c1-36-28-38(3)54(60-7)49(29-36)55-58-53-46(43-31-44(33-45(32-43)56(4,5)6)50-34-42(26-27-57-50)39-18-11-8-12-19-39)24-17-25-51(53)59(55)52-35-47(40-20-13-9-14-21-40)37(2)30-48(52)41-22-15-10-16-23-41/h8-35H,1-7H3/i2D3. The van der Waals surface area contributed by atoms with Crippen LogP contribution < -0.4 is 4.74 Å². The summed E-state index contributed by atoms with van der Waals surface area (Å²) in [7, 11) is 1.70. The summed E-state index contributed by atoms with van der Waals surface area (Å²) in [6.07, 6.45) is 1.89. The number of fused-ring (bicyclic) bond motifs is 1. The van der Waals surface area contributed by atoms with Crippen LogP contribution >= 0.6 is 0 Å². The fraction of sp³-hybridized carbons (Fsp3) is 0.143. The summed E-state index contributed by atoms with van der Waals surface area (Å²) in [4.78, 5) is 10.5. The van der Waals surface area contributed by atoms with Crippen LogP contribution in [0.15, 0.2) is 170 Å². The number of hydrogen-bond donors (Lipinski definition) is 0. The first-order valence-electron chi connectivity index (χ1n) is 21.9. The van der Waals surface area contributed by atoms with Crippen molar-refractivity contribution in [3.05, 3.63) is 192 Å². The van der Waals surface area contributed by atoms with E-state index in [0.29, 0.717) is 11.4 Å². The number of para-hydroxylation sites is 1. The van der Waals surface area contributed by atoms with E-state index >= 15 is 0 Å². The van der Waals surface area contributed by atoms with E-state index in [1.54, 1.807) is 7.11 Å². The molecule has 9 aromatic rings. The first-order chi connectivity index (χ1) is 30.3. The molecule has 294 valence electrons. The Morgan fingerprint density at radius 2 is 1.22 bits per heavy atom. The van der Waals surface area contributed by atoms with Crippen molar-refractivity contribution in [1.82, 2.24) is 14.5 Å². The lowest BCUT2D eigenvalue weighted by atomic mass is 9.83. The van der Waals surface area contributed by atoms with Crippen molar-refractivity contribution in [2.75, 3.05) is 7.11 Å². The van der Waals surface area contributed by atoms with E-state index in [0.717, 1.165) is 89.4 Å². The summed E-state index contributed by atoms with van der Waals surface area (Å²) in [6, 6.07) is 55.7. The van der Waals surface area contributed by atoms with Gasteiger partial charge in [-0.05, 0) is 130 Å². The van der Waals surface area contributed by atoms with Gasteiger partial charge < -0.3 is 4.74 Å². The number of ether oxygens (including phenoxy) is 1. The molecule has 0 aliphatic rings. The molecule has 0 aliphatic heterocycles. The zero-order valence-electron chi connectivity index (χ0n) is 37.9. The van der Waals surface area contributed by atoms with Crippen LogP contribution in [0.5, 0.6) is 5.75 Å². The van der Waals surface area contributed by atoms with E-state index in [9.17, 15) is 0 Å². The number of benzene rings is 7. The van der Waals surface area contributed by atoms with Crippen molar-refractivity contribution in [1.29, 1.82) is 0 Å². The number of aryl methyl sites for hydroxylation is 3. The second-order valence-corrected chi connectivity index (χ2v) is 16.6. The number of methoxy groups -OCH3 is 1. The molecule has 0 bridgehead atoms. The Labute approximate surface area is 358 Å². The van der Waals surface area contributed by atoms with Gasteiger partial charge in [0.25, 0.3) is 0 Å². The smallest absolute Gasteiger partial charge is 0.149 e. The van der Waals surface area contributed by atoms with E-state index in [1.165, 1.54) is 5.56 Å². The van der Waals surface area contributed by atoms with Crippen LogP contribution in [-0.4, -0.2) is 21.6 Å². The van der Waals surface area contributed by atoms with Crippen LogP contribution in [0, 0.1) is 20.7 Å². The molecule has 0 fully saturated rings. The summed E-state index contributed by atoms with van der Waals surface area (Å²) in [5.74, 6) is 1.41. The molecule has 0 amide bonds. The topological polar surface area (TPSA) is 39.9 Å². The summed E-state index contributed by atoms with van der Waals surface area (Å²) >= 11 is 0. The summed E-state index contributed by atoms with van der Waals surface area (Å²) < 4.78 is 34.7. The highest BCUT2D eigenvalue weighted by Crippen LogP contribution is 2.44. The Morgan fingerprint density at radius 3 is 1.88 bits per heavy atom. The second kappa shape index (κ2) is 15.6. The predicted octanol–water partition coefficient (Wildman–Crippen LogP) is 14.7. The lowest BCUT2D eigenvalue weighted by Crippen LogP contribution is -2.11. The average molecular weight is 783 g/mol. The van der Waals surface area contributed by atoms with Crippen molar-refractivity contribution in [3.63, 3.8) is 0 Å². The quantitative estimate of drug-likeness (QED) is 0.154. The molecule has 60 heavy (non-hydrogen) atoms. The zero-order valence-corrected chi connectivity index (χ0v) is 34.9. The molecule has 0 spiro atoms. The fourth-order valence-corrected chi connectivity index (χ4v) is 8.39. The van der Waals surface area contributed by atoms with E-state index in [-0.39, 0.29) is 11.0 Å². The molecule has 0 saturated heterocycles.